The summed E-state index contributed by atoms with van der Waals surface area (Å²) in [5, 5.41) is 0.589. The van der Waals surface area contributed by atoms with Gasteiger partial charge in [0.05, 0.1) is 17.3 Å². The van der Waals surface area contributed by atoms with Crippen molar-refractivity contribution in [2.24, 2.45) is 0 Å². The summed E-state index contributed by atoms with van der Waals surface area (Å²) in [5.74, 6) is 0.0535. The Kier molecular flexibility index (Phi) is 6.01. The van der Waals surface area contributed by atoms with Crippen LogP contribution < -0.4 is 4.90 Å². The Morgan fingerprint density at radius 3 is 2.65 bits per heavy atom. The Labute approximate surface area is 107 Å². The van der Waals surface area contributed by atoms with E-state index in [0.717, 1.165) is 5.69 Å². The molecule has 0 atom stereocenters. The highest BCUT2D eigenvalue weighted by molar-refractivity contribution is 6.33. The highest BCUT2D eigenvalue weighted by Crippen LogP contribution is 2.25. The molecule has 0 heterocycles. The number of carbonyl (C=O) groups is 1. The second-order valence-corrected chi connectivity index (χ2v) is 3.95. The number of amides is 1. The minimum atomic E-state index is 0.0535. The number of hydrogen-bond donors (Lipinski definition) is 0. The molecule has 0 aromatic heterocycles. The van der Waals surface area contributed by atoms with Crippen molar-refractivity contribution in [2.45, 2.75) is 20.3 Å². The van der Waals surface area contributed by atoms with E-state index in [0.29, 0.717) is 31.2 Å². The zero-order chi connectivity index (χ0) is 12.7. The van der Waals surface area contributed by atoms with Gasteiger partial charge in [0, 0.05) is 19.6 Å². The Morgan fingerprint density at radius 1 is 1.35 bits per heavy atom. The first-order valence-electron chi connectivity index (χ1n) is 5.83. The van der Waals surface area contributed by atoms with Crippen molar-refractivity contribution in [2.75, 3.05) is 24.7 Å². The summed E-state index contributed by atoms with van der Waals surface area (Å²) < 4.78 is 5.28. The van der Waals surface area contributed by atoms with Crippen molar-refractivity contribution < 1.29 is 9.53 Å². The quantitative estimate of drug-likeness (QED) is 0.731. The molecule has 0 bridgehead atoms. The normalized spacial score (nSPS) is 10.3. The van der Waals surface area contributed by atoms with Crippen molar-refractivity contribution >= 4 is 23.2 Å². The Hall–Kier alpha value is -1.06. The molecule has 0 radical (unpaired) electrons. The van der Waals surface area contributed by atoms with Crippen LogP contribution in [0.2, 0.25) is 5.02 Å². The van der Waals surface area contributed by atoms with Gasteiger partial charge < -0.3 is 9.64 Å². The van der Waals surface area contributed by atoms with E-state index >= 15 is 0 Å². The zero-order valence-electron chi connectivity index (χ0n) is 10.3. The predicted octanol–water partition coefficient (Wildman–Crippen LogP) is 3.12. The van der Waals surface area contributed by atoms with Gasteiger partial charge in [-0.3, -0.25) is 4.79 Å². The van der Waals surface area contributed by atoms with Crippen LogP contribution in [0, 0.1) is 0 Å². The van der Waals surface area contributed by atoms with Crippen LogP contribution in [0.3, 0.4) is 0 Å². The SMILES string of the molecule is CCOCCN(C(=O)CC)c1ccccc1Cl. The molecule has 0 aliphatic rings. The van der Waals surface area contributed by atoms with E-state index in [1.807, 2.05) is 32.0 Å². The lowest BCUT2D eigenvalue weighted by Crippen LogP contribution is -2.33. The molecule has 0 saturated heterocycles. The van der Waals surface area contributed by atoms with E-state index in [1.54, 1.807) is 11.0 Å². The Balaban J connectivity index is 2.82. The molecular formula is C13H18ClNO2. The number of ether oxygens (including phenoxy) is 1. The predicted molar refractivity (Wildman–Crippen MR) is 70.6 cm³/mol. The lowest BCUT2D eigenvalue weighted by Gasteiger charge is -2.23. The summed E-state index contributed by atoms with van der Waals surface area (Å²) in [5.41, 5.74) is 0.751. The molecule has 1 aromatic carbocycles. The fraction of sp³-hybridized carbons (Fsp3) is 0.462. The van der Waals surface area contributed by atoms with Gasteiger partial charge in [-0.05, 0) is 19.1 Å². The summed E-state index contributed by atoms with van der Waals surface area (Å²) in [6, 6.07) is 7.36. The second-order valence-electron chi connectivity index (χ2n) is 3.55. The van der Waals surface area contributed by atoms with Crippen molar-refractivity contribution in [1.82, 2.24) is 0 Å². The average Bonchev–Trinajstić information content (AvgIpc) is 2.35. The third-order valence-corrected chi connectivity index (χ3v) is 2.73. The summed E-state index contributed by atoms with van der Waals surface area (Å²) in [6.07, 6.45) is 0.456. The van der Waals surface area contributed by atoms with Gasteiger partial charge in [0.2, 0.25) is 5.91 Å². The molecule has 0 fully saturated rings. The fourth-order valence-electron chi connectivity index (χ4n) is 1.54. The van der Waals surface area contributed by atoms with Gasteiger partial charge in [0.25, 0.3) is 0 Å². The van der Waals surface area contributed by atoms with Crippen LogP contribution in [-0.4, -0.2) is 25.7 Å². The van der Waals surface area contributed by atoms with Gasteiger partial charge in [-0.1, -0.05) is 30.7 Å². The maximum Gasteiger partial charge on any atom is 0.226 e. The first-order valence-corrected chi connectivity index (χ1v) is 6.21. The van der Waals surface area contributed by atoms with Crippen molar-refractivity contribution in [3.8, 4) is 0 Å². The number of carbonyl (C=O) groups excluding carboxylic acids is 1. The highest BCUT2D eigenvalue weighted by Gasteiger charge is 2.15. The highest BCUT2D eigenvalue weighted by atomic mass is 35.5. The van der Waals surface area contributed by atoms with Gasteiger partial charge in [0.15, 0.2) is 0 Å². The topological polar surface area (TPSA) is 29.5 Å². The molecule has 1 rings (SSSR count). The largest absolute Gasteiger partial charge is 0.380 e. The van der Waals surface area contributed by atoms with Crippen LogP contribution >= 0.6 is 11.6 Å². The van der Waals surface area contributed by atoms with Gasteiger partial charge in [-0.25, -0.2) is 0 Å². The van der Waals surface area contributed by atoms with Crippen molar-refractivity contribution in [1.29, 1.82) is 0 Å². The van der Waals surface area contributed by atoms with E-state index in [9.17, 15) is 4.79 Å². The van der Waals surface area contributed by atoms with Crippen molar-refractivity contribution in [3.05, 3.63) is 29.3 Å². The third kappa shape index (κ3) is 4.02. The summed E-state index contributed by atoms with van der Waals surface area (Å²) >= 11 is 6.10. The number of benzene rings is 1. The first-order chi connectivity index (χ1) is 8.20. The number of nitrogens with zero attached hydrogens (tertiary/aromatic N) is 1. The zero-order valence-corrected chi connectivity index (χ0v) is 11.0. The lowest BCUT2D eigenvalue weighted by atomic mass is 10.2. The summed E-state index contributed by atoms with van der Waals surface area (Å²) in [4.78, 5) is 13.5. The van der Waals surface area contributed by atoms with E-state index in [4.69, 9.17) is 16.3 Å². The van der Waals surface area contributed by atoms with Gasteiger partial charge in [-0.2, -0.15) is 0 Å². The molecule has 0 N–H and O–H groups in total. The lowest BCUT2D eigenvalue weighted by molar-refractivity contribution is -0.118. The van der Waals surface area contributed by atoms with E-state index in [1.165, 1.54) is 0 Å². The molecule has 0 aliphatic heterocycles. The van der Waals surface area contributed by atoms with Gasteiger partial charge in [0.1, 0.15) is 0 Å². The summed E-state index contributed by atoms with van der Waals surface area (Å²) in [7, 11) is 0. The van der Waals surface area contributed by atoms with Crippen LogP contribution in [-0.2, 0) is 9.53 Å². The molecule has 1 amide bonds. The van der Waals surface area contributed by atoms with Crippen LogP contribution in [0.15, 0.2) is 24.3 Å². The number of hydrogen-bond acceptors (Lipinski definition) is 2. The van der Waals surface area contributed by atoms with Gasteiger partial charge >= 0.3 is 0 Å². The van der Waals surface area contributed by atoms with E-state index in [-0.39, 0.29) is 5.91 Å². The standard InChI is InChI=1S/C13H18ClNO2/c1-3-13(16)15(9-10-17-4-2)12-8-6-5-7-11(12)14/h5-8H,3-4,9-10H2,1-2H3. The molecule has 0 aliphatic carbocycles. The fourth-order valence-corrected chi connectivity index (χ4v) is 1.78. The van der Waals surface area contributed by atoms with E-state index < -0.39 is 0 Å². The molecule has 3 nitrogen and oxygen atoms in total. The number of rotatable bonds is 6. The maximum atomic E-state index is 11.9. The number of para-hydroxylation sites is 1. The second kappa shape index (κ2) is 7.30. The van der Waals surface area contributed by atoms with E-state index in [2.05, 4.69) is 0 Å². The molecule has 0 saturated carbocycles. The molecule has 4 heteroatoms. The maximum absolute atomic E-state index is 11.9. The molecule has 1 aromatic rings. The molecule has 0 spiro atoms. The molecular weight excluding hydrogens is 238 g/mol. The molecule has 94 valence electrons. The van der Waals surface area contributed by atoms with Crippen LogP contribution in [0.25, 0.3) is 0 Å². The minimum absolute atomic E-state index is 0.0535. The first kappa shape index (κ1) is 14.0. The minimum Gasteiger partial charge on any atom is -0.380 e. The van der Waals surface area contributed by atoms with Crippen LogP contribution in [0.4, 0.5) is 5.69 Å². The monoisotopic (exact) mass is 255 g/mol. The molecule has 0 unspecified atom stereocenters. The number of halogens is 1. The van der Waals surface area contributed by atoms with Crippen LogP contribution in [0.5, 0.6) is 0 Å². The molecule has 17 heavy (non-hydrogen) atoms. The van der Waals surface area contributed by atoms with Crippen molar-refractivity contribution in [3.63, 3.8) is 0 Å². The Morgan fingerprint density at radius 2 is 2.06 bits per heavy atom. The third-order valence-electron chi connectivity index (χ3n) is 2.41. The van der Waals surface area contributed by atoms with Gasteiger partial charge in [-0.15, -0.1) is 0 Å². The smallest absolute Gasteiger partial charge is 0.226 e. The average molecular weight is 256 g/mol. The Bertz CT molecular complexity index is 368. The van der Waals surface area contributed by atoms with Crippen LogP contribution in [0.1, 0.15) is 20.3 Å². The summed E-state index contributed by atoms with van der Waals surface area (Å²) in [6.45, 7) is 5.47. The number of anilines is 1.